The fourth-order valence-electron chi connectivity index (χ4n) is 4.20. The van der Waals surface area contributed by atoms with Crippen LogP contribution in [0.4, 0.5) is 0 Å². The van der Waals surface area contributed by atoms with Crippen LogP contribution in [0.15, 0.2) is 100 Å². The summed E-state index contributed by atoms with van der Waals surface area (Å²) in [6, 6.07) is 24.6. The molecule has 1 aromatic carbocycles. The fraction of sp³-hybridized carbons (Fsp3) is 0. The Balaban J connectivity index is 0.000000258. The van der Waals surface area contributed by atoms with E-state index in [0.717, 1.165) is 34.2 Å². The predicted molar refractivity (Wildman–Crippen MR) is 198 cm³/mol. The van der Waals surface area contributed by atoms with Crippen LogP contribution in [0, 0.1) is 17.9 Å². The van der Waals surface area contributed by atoms with Crippen LogP contribution in [0.2, 0.25) is 0 Å². The Kier molecular flexibility index (Phi) is 12.4. The van der Waals surface area contributed by atoms with Gasteiger partial charge in [-0.15, -0.1) is 45.3 Å². The number of benzene rings is 1. The van der Waals surface area contributed by atoms with Crippen LogP contribution in [-0.4, -0.2) is 5.78 Å². The van der Waals surface area contributed by atoms with Gasteiger partial charge in [-0.25, -0.2) is 10.1 Å². The van der Waals surface area contributed by atoms with Crippen LogP contribution >= 0.6 is 45.3 Å². The summed E-state index contributed by atoms with van der Waals surface area (Å²) >= 11 is 28.0. The van der Waals surface area contributed by atoms with E-state index in [-0.39, 0.29) is 28.0 Å². The maximum Gasteiger partial charge on any atom is 0.270 e. The van der Waals surface area contributed by atoms with Crippen molar-refractivity contribution >= 4 is 133 Å². The van der Waals surface area contributed by atoms with Gasteiger partial charge in [0, 0.05) is 57.6 Å². The number of ketones is 1. The number of carbonyl (C=O) groups excluding carboxylic acids is 1. The normalized spacial score (nSPS) is 15.0. The molecule has 0 bridgehead atoms. The summed E-state index contributed by atoms with van der Waals surface area (Å²) < 4.78 is 0. The zero-order valence-electron chi connectivity index (χ0n) is 22.6. The first-order valence-corrected chi connectivity index (χ1v) is 17.7. The van der Waals surface area contributed by atoms with Gasteiger partial charge < -0.3 is 50.5 Å². The van der Waals surface area contributed by atoms with Crippen molar-refractivity contribution in [2.75, 3.05) is 0 Å². The first-order valence-electron chi connectivity index (χ1n) is 12.6. The van der Waals surface area contributed by atoms with Gasteiger partial charge in [0.25, 0.3) is 5.70 Å². The molecule has 0 aliphatic heterocycles. The van der Waals surface area contributed by atoms with Crippen molar-refractivity contribution in [3.63, 3.8) is 0 Å². The third kappa shape index (κ3) is 7.70. The Morgan fingerprint density at radius 2 is 1.20 bits per heavy atom. The molecule has 0 saturated heterocycles. The van der Waals surface area contributed by atoms with Gasteiger partial charge in [0.2, 0.25) is 0 Å². The maximum absolute atomic E-state index is 13.0. The monoisotopic (exact) mass is 770 g/mol. The number of carbonyl (C=O) groups is 1. The van der Waals surface area contributed by atoms with Crippen LogP contribution in [-0.2, 0) is 67.0 Å². The van der Waals surface area contributed by atoms with Crippen LogP contribution in [0.5, 0.6) is 0 Å². The van der Waals surface area contributed by atoms with Crippen molar-refractivity contribution in [2.45, 2.75) is 0 Å². The number of nitriles is 1. The van der Waals surface area contributed by atoms with Gasteiger partial charge >= 0.3 is 0 Å². The molecule has 0 atom stereocenters. The van der Waals surface area contributed by atoms with E-state index in [1.807, 2.05) is 70.7 Å². The molecule has 4 aromatic heterocycles. The topological polar surface area (TPSA) is 45.2 Å². The Morgan fingerprint density at radius 1 is 0.711 bits per heavy atom. The second kappa shape index (κ2) is 16.0. The minimum absolute atomic E-state index is 0. The molecule has 0 fully saturated rings. The average molecular weight is 772 g/mol. The molecule has 4 heterocycles. The average Bonchev–Trinajstić information content (AvgIpc) is 3.90. The summed E-state index contributed by atoms with van der Waals surface area (Å²) in [4.78, 5) is 23.9. The van der Waals surface area contributed by atoms with Crippen LogP contribution < -0.4 is 0 Å². The van der Waals surface area contributed by atoms with Crippen LogP contribution in [0.25, 0.3) is 36.1 Å². The molecule has 0 spiro atoms. The SMILES string of the molecule is [C-]#[N+]/C(C#N)=C1\C(=C\c2ccc(C([S-])=C([S-])c3cccs3)s2)C(=O)c2ccccc21.[Ni].[S-]C(=C([S-])c1cccs1)c1cccs1. The molecular formula is C33H16N2NiOS8-4. The molecule has 45 heavy (non-hydrogen) atoms. The van der Waals surface area contributed by atoms with E-state index in [1.165, 1.54) is 11.3 Å². The van der Waals surface area contributed by atoms with Crippen LogP contribution in [0.3, 0.4) is 0 Å². The molecule has 5 aromatic rings. The van der Waals surface area contributed by atoms with Crippen molar-refractivity contribution in [3.8, 4) is 6.07 Å². The molecule has 1 aliphatic carbocycles. The number of rotatable bonds is 5. The van der Waals surface area contributed by atoms with Gasteiger partial charge in [0.1, 0.15) is 0 Å². The summed E-state index contributed by atoms with van der Waals surface area (Å²) in [6.07, 6.45) is 1.73. The second-order valence-electron chi connectivity index (χ2n) is 8.83. The number of allylic oxidation sites excluding steroid dienone is 3. The molecular weight excluding hydrogens is 756 g/mol. The standard InChI is InChI=1S/C23H12N2OS4.C10H8S4.Ni/c1-25-17(12-24)20-14-5-2-3-6-15(14)21(26)16(20)11-13-8-9-19(30-13)23(28)22(27)18-7-4-10-29-18;11-9(7-3-1-5-13-7)10(12)8-4-2-6-14-8;/h2-11,27-28H;1-6,11-12H;/p-4/b16-11-,20-17-,23-22?;;. The molecule has 0 unspecified atom stereocenters. The molecule has 1 aliphatic rings. The Morgan fingerprint density at radius 3 is 1.64 bits per heavy atom. The number of fused-ring (bicyclic) bond motifs is 1. The molecule has 0 N–H and O–H groups in total. The van der Waals surface area contributed by atoms with Crippen molar-refractivity contribution in [2.24, 2.45) is 0 Å². The first kappa shape index (κ1) is 34.9. The zero-order valence-corrected chi connectivity index (χ0v) is 30.1. The van der Waals surface area contributed by atoms with Gasteiger partial charge in [-0.3, -0.25) is 4.79 Å². The molecule has 0 saturated carbocycles. The third-order valence-corrected chi connectivity index (χ3v) is 12.4. The minimum Gasteiger partial charge on any atom is -0.780 e. The van der Waals surface area contributed by atoms with Crippen molar-refractivity contribution < 1.29 is 21.3 Å². The number of hydrogen-bond donors (Lipinski definition) is 0. The second-order valence-corrected chi connectivity index (χ2v) is 14.4. The number of Topliss-reactive ketones (excluding diaryl/α,β-unsaturated/α-hetero) is 1. The smallest absolute Gasteiger partial charge is 0.270 e. The summed E-state index contributed by atoms with van der Waals surface area (Å²) in [6.45, 7) is 7.36. The van der Waals surface area contributed by atoms with Gasteiger partial charge in [0.15, 0.2) is 5.78 Å². The van der Waals surface area contributed by atoms with Gasteiger partial charge in [0.05, 0.1) is 12.6 Å². The summed E-state index contributed by atoms with van der Waals surface area (Å²) in [7, 11) is 0. The predicted octanol–water partition coefficient (Wildman–Crippen LogP) is 9.89. The van der Waals surface area contributed by atoms with E-state index in [4.69, 9.17) is 57.1 Å². The van der Waals surface area contributed by atoms with Gasteiger partial charge in [-0.1, -0.05) is 42.5 Å². The molecule has 12 heteroatoms. The number of thiophene rings is 4. The van der Waals surface area contributed by atoms with Gasteiger partial charge in [-0.2, -0.15) is 19.6 Å². The number of hydrogen-bond acceptors (Lipinski definition) is 10. The fourth-order valence-corrected chi connectivity index (χ4v) is 8.63. The van der Waals surface area contributed by atoms with E-state index in [0.29, 0.717) is 32.1 Å². The molecule has 6 rings (SSSR count). The van der Waals surface area contributed by atoms with E-state index < -0.39 is 0 Å². The first-order chi connectivity index (χ1) is 21.3. The molecule has 0 amide bonds. The molecule has 226 valence electrons. The Bertz CT molecular complexity index is 1970. The quantitative estimate of drug-likeness (QED) is 0.0583. The van der Waals surface area contributed by atoms with Crippen LogP contribution in [0.1, 0.15) is 40.3 Å². The van der Waals surface area contributed by atoms with E-state index >= 15 is 0 Å². The Hall–Kier alpha value is -3.00. The number of nitrogens with zero attached hydrogens (tertiary/aromatic N) is 2. The van der Waals surface area contributed by atoms with Crippen molar-refractivity contribution in [3.05, 3.63) is 147 Å². The Labute approximate surface area is 309 Å². The van der Waals surface area contributed by atoms with Crippen molar-refractivity contribution in [1.29, 1.82) is 5.26 Å². The minimum atomic E-state index is -0.191. The maximum atomic E-state index is 13.0. The van der Waals surface area contributed by atoms with E-state index in [2.05, 4.69) is 4.85 Å². The summed E-state index contributed by atoms with van der Waals surface area (Å²) in [5.41, 5.74) is 1.77. The van der Waals surface area contributed by atoms with E-state index in [1.54, 1.807) is 64.4 Å². The molecule has 0 radical (unpaired) electrons. The van der Waals surface area contributed by atoms with Crippen molar-refractivity contribution in [1.82, 2.24) is 0 Å². The van der Waals surface area contributed by atoms with E-state index in [9.17, 15) is 10.1 Å². The third-order valence-electron chi connectivity index (χ3n) is 6.19. The summed E-state index contributed by atoms with van der Waals surface area (Å²) in [5.74, 6) is -0.191. The largest absolute Gasteiger partial charge is 0.780 e. The summed E-state index contributed by atoms with van der Waals surface area (Å²) in [5, 5.41) is 15.4. The zero-order chi connectivity index (χ0) is 31.2. The van der Waals surface area contributed by atoms with Gasteiger partial charge in [-0.05, 0) is 58.1 Å². The molecule has 3 nitrogen and oxygen atoms in total.